The van der Waals surface area contributed by atoms with Crippen LogP contribution in [0.4, 0.5) is 14.9 Å². The molecular formula is C10H10ClFN2O4. The van der Waals surface area contributed by atoms with E-state index in [4.69, 9.17) is 17.4 Å². The molecule has 1 rings (SSSR count). The number of carbonyl (C=O) groups excluding carboxylic acids is 2. The van der Waals surface area contributed by atoms with Gasteiger partial charge in [-0.05, 0) is 19.1 Å². The van der Waals surface area contributed by atoms with Crippen LogP contribution in [0.15, 0.2) is 12.1 Å². The summed E-state index contributed by atoms with van der Waals surface area (Å²) in [6.07, 6.45) is -1.16. The van der Waals surface area contributed by atoms with Gasteiger partial charge in [0.25, 0.3) is 0 Å². The summed E-state index contributed by atoms with van der Waals surface area (Å²) < 4.78 is 21.9. The SMILES string of the molecule is CCOC(=O)OC(=O)c1cc(NN)c(F)cc1Cl. The number of hydrogen-bond acceptors (Lipinski definition) is 6. The third-order valence-electron chi connectivity index (χ3n) is 1.87. The first-order valence-corrected chi connectivity index (χ1v) is 5.22. The number of hydrogen-bond donors (Lipinski definition) is 2. The number of esters is 1. The molecule has 0 bridgehead atoms. The van der Waals surface area contributed by atoms with Gasteiger partial charge in [-0.15, -0.1) is 0 Å². The Hall–Kier alpha value is -1.86. The summed E-state index contributed by atoms with van der Waals surface area (Å²) >= 11 is 5.65. The molecule has 0 unspecified atom stereocenters. The van der Waals surface area contributed by atoms with Crippen LogP contribution < -0.4 is 11.3 Å². The highest BCUT2D eigenvalue weighted by molar-refractivity contribution is 6.33. The Labute approximate surface area is 107 Å². The fourth-order valence-electron chi connectivity index (χ4n) is 1.09. The number of hydrazine groups is 1. The van der Waals surface area contributed by atoms with Gasteiger partial charge in [0, 0.05) is 0 Å². The molecule has 3 N–H and O–H groups in total. The quantitative estimate of drug-likeness (QED) is 0.380. The van der Waals surface area contributed by atoms with E-state index >= 15 is 0 Å². The van der Waals surface area contributed by atoms with E-state index in [9.17, 15) is 14.0 Å². The predicted octanol–water partition coefficient (Wildman–Crippen LogP) is 2.08. The van der Waals surface area contributed by atoms with Gasteiger partial charge in [0.2, 0.25) is 0 Å². The lowest BCUT2D eigenvalue weighted by molar-refractivity contribution is 0.0402. The lowest BCUT2D eigenvalue weighted by atomic mass is 10.2. The minimum atomic E-state index is -1.16. The van der Waals surface area contributed by atoms with E-state index in [2.05, 4.69) is 9.47 Å². The summed E-state index contributed by atoms with van der Waals surface area (Å²) in [5.41, 5.74) is 1.67. The topological polar surface area (TPSA) is 90.6 Å². The Morgan fingerprint density at radius 1 is 1.50 bits per heavy atom. The van der Waals surface area contributed by atoms with E-state index < -0.39 is 17.9 Å². The zero-order valence-corrected chi connectivity index (χ0v) is 10.1. The maximum Gasteiger partial charge on any atom is 0.516 e. The molecule has 8 heteroatoms. The molecule has 0 aliphatic carbocycles. The average Bonchev–Trinajstić information content (AvgIpc) is 2.29. The van der Waals surface area contributed by atoms with E-state index in [1.54, 1.807) is 6.92 Å². The summed E-state index contributed by atoms with van der Waals surface area (Å²) in [6, 6.07) is 1.90. The predicted molar refractivity (Wildman–Crippen MR) is 61.7 cm³/mol. The van der Waals surface area contributed by atoms with Crippen LogP contribution in [0.3, 0.4) is 0 Å². The number of nitrogen functional groups attached to an aromatic ring is 1. The van der Waals surface area contributed by atoms with Crippen molar-refractivity contribution in [2.75, 3.05) is 12.0 Å². The third kappa shape index (κ3) is 3.31. The van der Waals surface area contributed by atoms with Crippen molar-refractivity contribution < 1.29 is 23.5 Å². The normalized spacial score (nSPS) is 9.78. The average molecular weight is 277 g/mol. The lowest BCUT2D eigenvalue weighted by Gasteiger charge is -2.07. The molecule has 0 aromatic heterocycles. The monoisotopic (exact) mass is 276 g/mol. The Morgan fingerprint density at radius 3 is 2.72 bits per heavy atom. The maximum atomic E-state index is 13.2. The van der Waals surface area contributed by atoms with Crippen LogP contribution in [0.5, 0.6) is 0 Å². The Kier molecular flexibility index (Phi) is 4.87. The molecule has 0 aliphatic heterocycles. The third-order valence-corrected chi connectivity index (χ3v) is 2.18. The number of ether oxygens (including phenoxy) is 2. The van der Waals surface area contributed by atoms with Crippen molar-refractivity contribution in [1.82, 2.24) is 0 Å². The number of benzene rings is 1. The minimum Gasteiger partial charge on any atom is -0.434 e. The molecule has 0 saturated heterocycles. The van der Waals surface area contributed by atoms with Gasteiger partial charge < -0.3 is 14.9 Å². The second-order valence-corrected chi connectivity index (χ2v) is 3.44. The van der Waals surface area contributed by atoms with Gasteiger partial charge in [0.1, 0.15) is 5.82 Å². The molecule has 0 spiro atoms. The highest BCUT2D eigenvalue weighted by Crippen LogP contribution is 2.24. The van der Waals surface area contributed by atoms with Crippen LogP contribution in [-0.4, -0.2) is 18.7 Å². The van der Waals surface area contributed by atoms with E-state index in [0.29, 0.717) is 0 Å². The summed E-state index contributed by atoms with van der Waals surface area (Å²) in [7, 11) is 0. The molecule has 0 amide bonds. The van der Waals surface area contributed by atoms with Gasteiger partial charge in [-0.2, -0.15) is 0 Å². The van der Waals surface area contributed by atoms with E-state index in [1.165, 1.54) is 0 Å². The van der Waals surface area contributed by atoms with Gasteiger partial charge >= 0.3 is 12.1 Å². The summed E-state index contributed by atoms with van der Waals surface area (Å²) in [6.45, 7) is 1.60. The van der Waals surface area contributed by atoms with Crippen LogP contribution in [-0.2, 0) is 9.47 Å². The van der Waals surface area contributed by atoms with Crippen molar-refractivity contribution in [3.63, 3.8) is 0 Å². The van der Waals surface area contributed by atoms with Crippen LogP contribution in [0, 0.1) is 5.82 Å². The van der Waals surface area contributed by atoms with E-state index in [0.717, 1.165) is 12.1 Å². The summed E-state index contributed by atoms with van der Waals surface area (Å²) in [4.78, 5) is 22.5. The van der Waals surface area contributed by atoms with Crippen LogP contribution in [0.1, 0.15) is 17.3 Å². The van der Waals surface area contributed by atoms with Crippen LogP contribution in [0.25, 0.3) is 0 Å². The Morgan fingerprint density at radius 2 is 2.17 bits per heavy atom. The minimum absolute atomic E-state index is 0.0544. The highest BCUT2D eigenvalue weighted by Gasteiger charge is 2.19. The first kappa shape index (κ1) is 14.2. The molecular weight excluding hydrogens is 267 g/mol. The summed E-state index contributed by atoms with van der Waals surface area (Å²) in [5.74, 6) is 3.24. The number of carbonyl (C=O) groups is 2. The van der Waals surface area contributed by atoms with Crippen molar-refractivity contribution >= 4 is 29.4 Å². The number of nitrogens with one attached hydrogen (secondary N) is 1. The molecule has 1 aromatic rings. The number of anilines is 1. The van der Waals surface area contributed by atoms with E-state index in [-0.39, 0.29) is 22.9 Å². The van der Waals surface area contributed by atoms with Gasteiger partial charge in [0.15, 0.2) is 0 Å². The Bertz CT molecular complexity index is 481. The van der Waals surface area contributed by atoms with Crippen molar-refractivity contribution in [3.05, 3.63) is 28.5 Å². The smallest absolute Gasteiger partial charge is 0.434 e. The largest absolute Gasteiger partial charge is 0.516 e. The molecule has 0 atom stereocenters. The molecule has 0 aliphatic rings. The standard InChI is InChI=1S/C10H10ClFN2O4/c1-2-17-10(16)18-9(15)5-3-8(14-13)7(12)4-6(5)11/h3-4,14H,2,13H2,1H3. The molecule has 0 radical (unpaired) electrons. The first-order valence-electron chi connectivity index (χ1n) is 4.84. The lowest BCUT2D eigenvalue weighted by Crippen LogP contribution is -2.16. The van der Waals surface area contributed by atoms with Gasteiger partial charge in [-0.25, -0.2) is 14.0 Å². The number of rotatable bonds is 3. The molecule has 18 heavy (non-hydrogen) atoms. The second kappa shape index (κ2) is 6.18. The molecule has 0 heterocycles. The second-order valence-electron chi connectivity index (χ2n) is 3.03. The molecule has 0 saturated carbocycles. The first-order chi connectivity index (χ1) is 8.49. The highest BCUT2D eigenvalue weighted by atomic mass is 35.5. The van der Waals surface area contributed by atoms with Gasteiger partial charge in [-0.1, -0.05) is 11.6 Å². The maximum absolute atomic E-state index is 13.2. The molecule has 1 aromatic carbocycles. The number of nitrogens with two attached hydrogens (primary N) is 1. The van der Waals surface area contributed by atoms with Crippen molar-refractivity contribution in [3.8, 4) is 0 Å². The summed E-state index contributed by atoms with van der Waals surface area (Å²) in [5, 5.41) is -0.208. The number of halogens is 2. The van der Waals surface area contributed by atoms with Crippen molar-refractivity contribution in [2.45, 2.75) is 6.92 Å². The Balaban J connectivity index is 2.95. The van der Waals surface area contributed by atoms with Gasteiger partial charge in [-0.3, -0.25) is 5.84 Å². The zero-order valence-electron chi connectivity index (χ0n) is 9.33. The fourth-order valence-corrected chi connectivity index (χ4v) is 1.32. The molecule has 0 fully saturated rings. The molecule has 98 valence electrons. The fraction of sp³-hybridized carbons (Fsp3) is 0.200. The molecule has 6 nitrogen and oxygen atoms in total. The van der Waals surface area contributed by atoms with E-state index in [1.807, 2.05) is 5.43 Å². The van der Waals surface area contributed by atoms with Gasteiger partial charge in [0.05, 0.1) is 22.9 Å². The zero-order chi connectivity index (χ0) is 13.7. The van der Waals surface area contributed by atoms with Crippen molar-refractivity contribution in [2.24, 2.45) is 5.84 Å². The van der Waals surface area contributed by atoms with Crippen molar-refractivity contribution in [1.29, 1.82) is 0 Å². The van der Waals surface area contributed by atoms with Crippen LogP contribution in [0.2, 0.25) is 5.02 Å². The van der Waals surface area contributed by atoms with Crippen LogP contribution >= 0.6 is 11.6 Å².